The van der Waals surface area contributed by atoms with Gasteiger partial charge in [0.2, 0.25) is 0 Å². The van der Waals surface area contributed by atoms with Crippen LogP contribution in [0.25, 0.3) is 0 Å². The van der Waals surface area contributed by atoms with Gasteiger partial charge in [0.05, 0.1) is 6.42 Å². The molecule has 0 aliphatic carbocycles. The summed E-state index contributed by atoms with van der Waals surface area (Å²) >= 11 is 0. The van der Waals surface area contributed by atoms with Crippen molar-refractivity contribution in [2.45, 2.75) is 26.3 Å². The summed E-state index contributed by atoms with van der Waals surface area (Å²) < 4.78 is 0. The third-order valence-corrected chi connectivity index (χ3v) is 1.92. The molecule has 0 fully saturated rings. The monoisotopic (exact) mass is 214 g/mol. The average molecular weight is 214 g/mol. The predicted octanol–water partition coefficient (Wildman–Crippen LogP) is 0.971. The molecule has 0 aromatic carbocycles. The van der Waals surface area contributed by atoms with E-state index in [0.717, 1.165) is 0 Å². The van der Waals surface area contributed by atoms with Crippen LogP contribution in [0.15, 0.2) is 12.7 Å². The van der Waals surface area contributed by atoms with Crippen LogP contribution >= 0.6 is 0 Å². The predicted molar refractivity (Wildman–Crippen MR) is 57.6 cm³/mol. The van der Waals surface area contributed by atoms with Crippen LogP contribution < -0.4 is 10.6 Å². The Bertz CT molecular complexity index is 239. The first-order chi connectivity index (χ1) is 6.97. The van der Waals surface area contributed by atoms with Gasteiger partial charge >= 0.3 is 12.0 Å². The third-order valence-electron chi connectivity index (χ3n) is 1.92. The number of aliphatic carboxylic acids is 1. The van der Waals surface area contributed by atoms with Crippen molar-refractivity contribution >= 4 is 12.0 Å². The normalized spacial score (nSPS) is 11.9. The smallest absolute Gasteiger partial charge is 0.315 e. The standard InChI is InChI=1S/C10H18N2O3/c1-4-5-11-10(15)12-8(7(2)3)6-9(13)14/h4,7-8H,1,5-6H2,2-3H3,(H,13,14)(H2,11,12,15). The van der Waals surface area contributed by atoms with Gasteiger partial charge in [0, 0.05) is 12.6 Å². The first kappa shape index (κ1) is 13.5. The molecule has 0 aliphatic heterocycles. The lowest BCUT2D eigenvalue weighted by Gasteiger charge is -2.20. The zero-order valence-electron chi connectivity index (χ0n) is 9.12. The maximum atomic E-state index is 11.2. The van der Waals surface area contributed by atoms with E-state index in [1.807, 2.05) is 13.8 Å². The second-order valence-electron chi connectivity index (χ2n) is 3.59. The van der Waals surface area contributed by atoms with Gasteiger partial charge in [0.15, 0.2) is 0 Å². The number of carboxylic acid groups (broad SMARTS) is 1. The highest BCUT2D eigenvalue weighted by atomic mass is 16.4. The van der Waals surface area contributed by atoms with Crippen molar-refractivity contribution in [3.8, 4) is 0 Å². The Kier molecular flexibility index (Phi) is 6.17. The maximum absolute atomic E-state index is 11.2. The Balaban J connectivity index is 4.09. The Labute approximate surface area is 89.6 Å². The number of carbonyl (C=O) groups excluding carboxylic acids is 1. The third kappa shape index (κ3) is 6.54. The molecule has 3 N–H and O–H groups in total. The van der Waals surface area contributed by atoms with Crippen molar-refractivity contribution in [1.82, 2.24) is 10.6 Å². The van der Waals surface area contributed by atoms with E-state index in [2.05, 4.69) is 17.2 Å². The van der Waals surface area contributed by atoms with Gasteiger partial charge in [-0.05, 0) is 5.92 Å². The topological polar surface area (TPSA) is 78.4 Å². The number of hydrogen-bond donors (Lipinski definition) is 3. The van der Waals surface area contributed by atoms with Crippen molar-refractivity contribution in [2.75, 3.05) is 6.54 Å². The van der Waals surface area contributed by atoms with Crippen LogP contribution in [0.3, 0.4) is 0 Å². The van der Waals surface area contributed by atoms with Gasteiger partial charge in [-0.1, -0.05) is 19.9 Å². The van der Waals surface area contributed by atoms with Crippen molar-refractivity contribution in [1.29, 1.82) is 0 Å². The molecule has 5 heteroatoms. The quantitative estimate of drug-likeness (QED) is 0.576. The summed E-state index contributed by atoms with van der Waals surface area (Å²) in [6.45, 7) is 7.55. The Morgan fingerprint density at radius 1 is 1.47 bits per heavy atom. The van der Waals surface area contributed by atoms with Gasteiger partial charge in [-0.15, -0.1) is 6.58 Å². The van der Waals surface area contributed by atoms with E-state index in [4.69, 9.17) is 5.11 Å². The van der Waals surface area contributed by atoms with E-state index in [1.54, 1.807) is 6.08 Å². The molecule has 0 aliphatic rings. The van der Waals surface area contributed by atoms with E-state index in [-0.39, 0.29) is 24.4 Å². The molecule has 0 saturated heterocycles. The first-order valence-corrected chi connectivity index (χ1v) is 4.84. The lowest BCUT2D eigenvalue weighted by atomic mass is 10.0. The molecule has 0 aromatic rings. The second-order valence-corrected chi connectivity index (χ2v) is 3.59. The van der Waals surface area contributed by atoms with Crippen LogP contribution in [0.1, 0.15) is 20.3 Å². The van der Waals surface area contributed by atoms with Crippen LogP contribution in [0.2, 0.25) is 0 Å². The van der Waals surface area contributed by atoms with Crippen LogP contribution in [0.5, 0.6) is 0 Å². The summed E-state index contributed by atoms with van der Waals surface area (Å²) in [5.74, 6) is -0.840. The average Bonchev–Trinajstić information content (AvgIpc) is 2.12. The molecule has 15 heavy (non-hydrogen) atoms. The summed E-state index contributed by atoms with van der Waals surface area (Å²) in [5, 5.41) is 13.8. The van der Waals surface area contributed by atoms with Crippen LogP contribution in [0.4, 0.5) is 4.79 Å². The zero-order valence-corrected chi connectivity index (χ0v) is 9.12. The maximum Gasteiger partial charge on any atom is 0.315 e. The number of nitrogens with one attached hydrogen (secondary N) is 2. The minimum absolute atomic E-state index is 0.0703. The fourth-order valence-electron chi connectivity index (χ4n) is 1.03. The Morgan fingerprint density at radius 3 is 2.47 bits per heavy atom. The van der Waals surface area contributed by atoms with Gasteiger partial charge in [-0.2, -0.15) is 0 Å². The molecule has 5 nitrogen and oxygen atoms in total. The fraction of sp³-hybridized carbons (Fsp3) is 0.600. The number of amides is 2. The highest BCUT2D eigenvalue weighted by Gasteiger charge is 2.18. The highest BCUT2D eigenvalue weighted by Crippen LogP contribution is 2.05. The van der Waals surface area contributed by atoms with Gasteiger partial charge in [0.1, 0.15) is 0 Å². The van der Waals surface area contributed by atoms with Crippen molar-refractivity contribution in [3.05, 3.63) is 12.7 Å². The molecule has 1 unspecified atom stereocenters. The molecular formula is C10H18N2O3. The first-order valence-electron chi connectivity index (χ1n) is 4.84. The highest BCUT2D eigenvalue weighted by molar-refractivity contribution is 5.75. The Hall–Kier alpha value is -1.52. The summed E-state index contributed by atoms with van der Waals surface area (Å²) in [4.78, 5) is 21.8. The van der Waals surface area contributed by atoms with E-state index in [1.165, 1.54) is 0 Å². The van der Waals surface area contributed by atoms with E-state index >= 15 is 0 Å². The van der Waals surface area contributed by atoms with Crippen molar-refractivity contribution < 1.29 is 14.7 Å². The minimum Gasteiger partial charge on any atom is -0.481 e. The summed E-state index contributed by atoms with van der Waals surface area (Å²) in [6.07, 6.45) is 1.49. The van der Waals surface area contributed by atoms with Gasteiger partial charge < -0.3 is 15.7 Å². The molecule has 86 valence electrons. The lowest BCUT2D eigenvalue weighted by Crippen LogP contribution is -2.45. The number of carboxylic acids is 1. The largest absolute Gasteiger partial charge is 0.481 e. The van der Waals surface area contributed by atoms with Crippen LogP contribution in [-0.2, 0) is 4.79 Å². The number of hydrogen-bond acceptors (Lipinski definition) is 2. The number of carbonyl (C=O) groups is 2. The summed E-state index contributed by atoms with van der Waals surface area (Å²) in [7, 11) is 0. The van der Waals surface area contributed by atoms with E-state index in [0.29, 0.717) is 6.54 Å². The van der Waals surface area contributed by atoms with Gasteiger partial charge in [0.25, 0.3) is 0 Å². The fourth-order valence-corrected chi connectivity index (χ4v) is 1.03. The molecule has 0 heterocycles. The van der Waals surface area contributed by atoms with Gasteiger partial charge in [-0.3, -0.25) is 4.79 Å². The molecule has 2 amide bonds. The SMILES string of the molecule is C=CCNC(=O)NC(CC(=O)O)C(C)C. The number of rotatable bonds is 6. The molecule has 0 saturated carbocycles. The summed E-state index contributed by atoms with van der Waals surface area (Å²) in [5.41, 5.74) is 0. The molecule has 1 atom stereocenters. The molecule has 0 bridgehead atoms. The van der Waals surface area contributed by atoms with Crippen LogP contribution in [0, 0.1) is 5.92 Å². The summed E-state index contributed by atoms with van der Waals surface area (Å²) in [6, 6.07) is -0.720. The molecule has 0 rings (SSSR count). The number of urea groups is 1. The lowest BCUT2D eigenvalue weighted by molar-refractivity contribution is -0.137. The van der Waals surface area contributed by atoms with Crippen molar-refractivity contribution in [3.63, 3.8) is 0 Å². The molecule has 0 spiro atoms. The van der Waals surface area contributed by atoms with E-state index in [9.17, 15) is 9.59 Å². The molecule has 0 radical (unpaired) electrons. The van der Waals surface area contributed by atoms with E-state index < -0.39 is 5.97 Å². The minimum atomic E-state index is -0.919. The Morgan fingerprint density at radius 2 is 2.07 bits per heavy atom. The second kappa shape index (κ2) is 6.86. The zero-order chi connectivity index (χ0) is 11.8. The van der Waals surface area contributed by atoms with Crippen molar-refractivity contribution in [2.24, 2.45) is 5.92 Å². The molecule has 0 aromatic heterocycles. The van der Waals surface area contributed by atoms with Crippen LogP contribution in [-0.4, -0.2) is 29.7 Å². The van der Waals surface area contributed by atoms with Gasteiger partial charge in [-0.25, -0.2) is 4.79 Å². The molecular weight excluding hydrogens is 196 g/mol.